The number of carbonyl (C=O) groups is 1. The number of hydrogen-bond donors (Lipinski definition) is 2. The Morgan fingerprint density at radius 1 is 1.44 bits per heavy atom. The molecule has 18 heavy (non-hydrogen) atoms. The first kappa shape index (κ1) is 14.6. The lowest BCUT2D eigenvalue weighted by Crippen LogP contribution is -2.44. The van der Waals surface area contributed by atoms with Crippen molar-refractivity contribution < 1.29 is 9.18 Å². The highest BCUT2D eigenvalue weighted by Crippen LogP contribution is 2.21. The second-order valence-electron chi connectivity index (χ2n) is 5.48. The van der Waals surface area contributed by atoms with E-state index in [0.717, 1.165) is 0 Å². The average Bonchev–Trinajstić information content (AvgIpc) is 2.27. The highest BCUT2D eigenvalue weighted by Gasteiger charge is 2.25. The van der Waals surface area contributed by atoms with Crippen LogP contribution in [0.4, 0.5) is 4.39 Å². The lowest BCUT2D eigenvalue weighted by atomic mass is 9.84. The van der Waals surface area contributed by atoms with E-state index in [4.69, 9.17) is 5.73 Å². The van der Waals surface area contributed by atoms with Gasteiger partial charge in [-0.3, -0.25) is 4.79 Å². The molecule has 0 saturated carbocycles. The van der Waals surface area contributed by atoms with E-state index in [-0.39, 0.29) is 17.4 Å². The molecule has 0 radical (unpaired) electrons. The van der Waals surface area contributed by atoms with Crippen LogP contribution >= 0.6 is 0 Å². The Kier molecular flexibility index (Phi) is 4.84. The SMILES string of the molecule is CC(C)(C)C(CCN)NC(=O)c1cccc(F)c1. The van der Waals surface area contributed by atoms with Crippen molar-refractivity contribution in [3.63, 3.8) is 0 Å². The van der Waals surface area contributed by atoms with Crippen LogP contribution in [0.15, 0.2) is 24.3 Å². The van der Waals surface area contributed by atoms with Crippen molar-refractivity contribution in [1.82, 2.24) is 5.32 Å². The third-order valence-corrected chi connectivity index (χ3v) is 2.89. The molecular weight excluding hydrogens is 231 g/mol. The Hall–Kier alpha value is -1.42. The molecular formula is C14H21FN2O. The molecule has 1 aromatic rings. The Morgan fingerprint density at radius 2 is 2.11 bits per heavy atom. The maximum Gasteiger partial charge on any atom is 0.251 e. The normalized spacial score (nSPS) is 13.2. The van der Waals surface area contributed by atoms with Gasteiger partial charge in [0.25, 0.3) is 5.91 Å². The Balaban J connectivity index is 2.79. The summed E-state index contributed by atoms with van der Waals surface area (Å²) in [7, 11) is 0. The number of rotatable bonds is 4. The van der Waals surface area contributed by atoms with Gasteiger partial charge in [-0.25, -0.2) is 4.39 Å². The largest absolute Gasteiger partial charge is 0.349 e. The minimum Gasteiger partial charge on any atom is -0.349 e. The maximum absolute atomic E-state index is 13.0. The van der Waals surface area contributed by atoms with E-state index in [0.29, 0.717) is 18.5 Å². The molecule has 1 unspecified atom stereocenters. The quantitative estimate of drug-likeness (QED) is 0.864. The van der Waals surface area contributed by atoms with Gasteiger partial charge in [0.2, 0.25) is 0 Å². The maximum atomic E-state index is 13.0. The minimum atomic E-state index is -0.409. The van der Waals surface area contributed by atoms with Crippen LogP contribution in [0.3, 0.4) is 0 Å². The Bertz CT molecular complexity index is 413. The number of halogens is 1. The van der Waals surface area contributed by atoms with Gasteiger partial charge in [-0.1, -0.05) is 26.8 Å². The van der Waals surface area contributed by atoms with Crippen molar-refractivity contribution >= 4 is 5.91 Å². The monoisotopic (exact) mass is 252 g/mol. The number of nitrogens with two attached hydrogens (primary N) is 1. The second kappa shape index (κ2) is 5.96. The minimum absolute atomic E-state index is 0.0294. The fraction of sp³-hybridized carbons (Fsp3) is 0.500. The zero-order valence-electron chi connectivity index (χ0n) is 11.2. The molecule has 0 aromatic heterocycles. The molecule has 0 aliphatic heterocycles. The highest BCUT2D eigenvalue weighted by molar-refractivity contribution is 5.94. The van der Waals surface area contributed by atoms with E-state index in [1.165, 1.54) is 18.2 Å². The first-order valence-electron chi connectivity index (χ1n) is 6.11. The van der Waals surface area contributed by atoms with E-state index in [1.54, 1.807) is 6.07 Å². The van der Waals surface area contributed by atoms with Gasteiger partial charge in [0.1, 0.15) is 5.82 Å². The fourth-order valence-corrected chi connectivity index (χ4v) is 1.76. The van der Waals surface area contributed by atoms with Gasteiger partial charge in [-0.15, -0.1) is 0 Å². The average molecular weight is 252 g/mol. The van der Waals surface area contributed by atoms with Crippen molar-refractivity contribution in [3.8, 4) is 0 Å². The van der Waals surface area contributed by atoms with Crippen molar-refractivity contribution in [2.24, 2.45) is 11.1 Å². The van der Waals surface area contributed by atoms with Gasteiger partial charge in [0.05, 0.1) is 0 Å². The molecule has 0 saturated heterocycles. The topological polar surface area (TPSA) is 55.1 Å². The zero-order chi connectivity index (χ0) is 13.8. The van der Waals surface area contributed by atoms with Crippen LogP contribution in [0.2, 0.25) is 0 Å². The van der Waals surface area contributed by atoms with Crippen molar-refractivity contribution in [1.29, 1.82) is 0 Å². The summed E-state index contributed by atoms with van der Waals surface area (Å²) in [5.74, 6) is -0.670. The summed E-state index contributed by atoms with van der Waals surface area (Å²) in [6, 6.07) is 5.65. The van der Waals surface area contributed by atoms with E-state index in [1.807, 2.05) is 20.8 Å². The van der Waals surface area contributed by atoms with Gasteiger partial charge in [-0.05, 0) is 36.6 Å². The zero-order valence-corrected chi connectivity index (χ0v) is 11.2. The molecule has 100 valence electrons. The smallest absolute Gasteiger partial charge is 0.251 e. The lowest BCUT2D eigenvalue weighted by Gasteiger charge is -2.31. The molecule has 4 heteroatoms. The summed E-state index contributed by atoms with van der Waals surface area (Å²) < 4.78 is 13.0. The van der Waals surface area contributed by atoms with Crippen molar-refractivity contribution in [2.45, 2.75) is 33.2 Å². The van der Waals surface area contributed by atoms with E-state index < -0.39 is 5.82 Å². The van der Waals surface area contributed by atoms with E-state index in [9.17, 15) is 9.18 Å². The molecule has 0 aliphatic carbocycles. The van der Waals surface area contributed by atoms with Gasteiger partial charge < -0.3 is 11.1 Å². The highest BCUT2D eigenvalue weighted by atomic mass is 19.1. The molecule has 1 atom stereocenters. The fourth-order valence-electron chi connectivity index (χ4n) is 1.76. The van der Waals surface area contributed by atoms with Crippen LogP contribution in [0, 0.1) is 11.2 Å². The molecule has 3 N–H and O–H groups in total. The van der Waals surface area contributed by atoms with E-state index in [2.05, 4.69) is 5.32 Å². The third-order valence-electron chi connectivity index (χ3n) is 2.89. The summed E-state index contributed by atoms with van der Waals surface area (Å²) >= 11 is 0. The predicted molar refractivity (Wildman–Crippen MR) is 70.8 cm³/mol. The number of benzene rings is 1. The molecule has 1 rings (SSSR count). The lowest BCUT2D eigenvalue weighted by molar-refractivity contribution is 0.0898. The van der Waals surface area contributed by atoms with Gasteiger partial charge >= 0.3 is 0 Å². The van der Waals surface area contributed by atoms with Crippen molar-refractivity contribution in [2.75, 3.05) is 6.54 Å². The number of nitrogens with one attached hydrogen (secondary N) is 1. The summed E-state index contributed by atoms with van der Waals surface area (Å²) in [5, 5.41) is 2.92. The molecule has 1 aromatic carbocycles. The Labute approximate surface area is 108 Å². The van der Waals surface area contributed by atoms with Crippen LogP contribution in [0.25, 0.3) is 0 Å². The first-order valence-corrected chi connectivity index (χ1v) is 6.11. The van der Waals surface area contributed by atoms with Crippen LogP contribution in [0.5, 0.6) is 0 Å². The van der Waals surface area contributed by atoms with Crippen LogP contribution in [-0.2, 0) is 0 Å². The van der Waals surface area contributed by atoms with Crippen LogP contribution in [0.1, 0.15) is 37.6 Å². The standard InChI is InChI=1S/C14H21FN2O/c1-14(2,3)12(7-8-16)17-13(18)10-5-4-6-11(15)9-10/h4-6,9,12H,7-8,16H2,1-3H3,(H,17,18). The van der Waals surface area contributed by atoms with Gasteiger partial charge in [-0.2, -0.15) is 0 Å². The summed E-state index contributed by atoms with van der Waals surface area (Å²) in [5.41, 5.74) is 5.81. The van der Waals surface area contributed by atoms with Gasteiger partial charge in [0.15, 0.2) is 0 Å². The third kappa shape index (κ3) is 4.11. The van der Waals surface area contributed by atoms with Crippen LogP contribution < -0.4 is 11.1 Å². The number of carbonyl (C=O) groups excluding carboxylic acids is 1. The molecule has 0 heterocycles. The van der Waals surface area contributed by atoms with Crippen molar-refractivity contribution in [3.05, 3.63) is 35.6 Å². The summed E-state index contributed by atoms with van der Waals surface area (Å²) in [4.78, 5) is 12.0. The Morgan fingerprint density at radius 3 is 2.61 bits per heavy atom. The molecule has 3 nitrogen and oxygen atoms in total. The number of amides is 1. The molecule has 0 aliphatic rings. The summed E-state index contributed by atoms with van der Waals surface area (Å²) in [6.07, 6.45) is 0.699. The van der Waals surface area contributed by atoms with Gasteiger partial charge in [0, 0.05) is 11.6 Å². The number of hydrogen-bond acceptors (Lipinski definition) is 2. The predicted octanol–water partition coefficient (Wildman–Crippen LogP) is 2.32. The summed E-state index contributed by atoms with van der Waals surface area (Å²) in [6.45, 7) is 6.63. The molecule has 1 amide bonds. The first-order chi connectivity index (χ1) is 8.34. The molecule has 0 bridgehead atoms. The molecule has 0 fully saturated rings. The van der Waals surface area contributed by atoms with E-state index >= 15 is 0 Å². The molecule has 0 spiro atoms. The second-order valence-corrected chi connectivity index (χ2v) is 5.48. The van der Waals surface area contributed by atoms with Crippen LogP contribution in [-0.4, -0.2) is 18.5 Å².